The van der Waals surface area contributed by atoms with Crippen molar-refractivity contribution in [3.63, 3.8) is 0 Å². The van der Waals surface area contributed by atoms with Crippen molar-refractivity contribution in [3.8, 4) is 0 Å². The molecule has 0 amide bonds. The zero-order valence-corrected chi connectivity index (χ0v) is 12.3. The van der Waals surface area contributed by atoms with Crippen LogP contribution in [0.15, 0.2) is 34.6 Å². The van der Waals surface area contributed by atoms with Crippen LogP contribution in [0, 0.1) is 11.3 Å². The summed E-state index contributed by atoms with van der Waals surface area (Å²) in [4.78, 5) is 2.60. The number of likely N-dealkylation sites (tertiary alicyclic amines) is 1. The Morgan fingerprint density at radius 1 is 1.37 bits per heavy atom. The fraction of sp³-hybridized carbons (Fsp3) is 0.647. The van der Waals surface area contributed by atoms with Gasteiger partial charge in [-0.05, 0) is 36.3 Å². The first-order valence-electron chi connectivity index (χ1n) is 7.69. The Morgan fingerprint density at radius 3 is 3.05 bits per heavy atom. The van der Waals surface area contributed by atoms with Crippen LogP contribution in [0.3, 0.4) is 0 Å². The molecule has 4 aliphatic rings. The lowest BCUT2D eigenvalue weighted by molar-refractivity contribution is 0.126. The van der Waals surface area contributed by atoms with E-state index in [2.05, 4.69) is 43.3 Å². The molecular weight excluding hydrogens is 232 g/mol. The predicted octanol–water partition coefficient (Wildman–Crippen LogP) is 2.85. The summed E-state index contributed by atoms with van der Waals surface area (Å²) in [5.41, 5.74) is 6.97. The van der Waals surface area contributed by atoms with Crippen molar-refractivity contribution in [3.05, 3.63) is 34.6 Å². The van der Waals surface area contributed by atoms with Crippen LogP contribution in [0.2, 0.25) is 0 Å². The third-order valence-corrected chi connectivity index (χ3v) is 6.26. The molecule has 2 heteroatoms. The standard InChI is InChI=1S/C17H24N2/c1-11-16-9-13-12-5-4-8-18-10-17(11,2)14(12)6-7-15(13)19(16)3/h4-5,11,16,18H,6-10H2,1-3H3/b5-4-. The van der Waals surface area contributed by atoms with E-state index in [1.807, 2.05) is 0 Å². The third kappa shape index (κ3) is 1.36. The molecular formula is C17H24N2. The zero-order chi connectivity index (χ0) is 13.2. The van der Waals surface area contributed by atoms with Crippen molar-refractivity contribution in [2.24, 2.45) is 11.3 Å². The van der Waals surface area contributed by atoms with Crippen LogP contribution in [0.4, 0.5) is 0 Å². The molecule has 2 aliphatic carbocycles. The maximum atomic E-state index is 3.64. The molecule has 102 valence electrons. The highest BCUT2D eigenvalue weighted by atomic mass is 15.2. The van der Waals surface area contributed by atoms with E-state index < -0.39 is 0 Å². The molecule has 19 heavy (non-hydrogen) atoms. The summed E-state index contributed by atoms with van der Waals surface area (Å²) in [5.74, 6) is 0.719. The second-order valence-electron chi connectivity index (χ2n) is 6.94. The summed E-state index contributed by atoms with van der Waals surface area (Å²) in [6.45, 7) is 7.12. The Bertz CT molecular complexity index is 525. The van der Waals surface area contributed by atoms with Crippen molar-refractivity contribution in [2.75, 3.05) is 20.1 Å². The minimum absolute atomic E-state index is 0.326. The molecule has 1 N–H and O–H groups in total. The quantitative estimate of drug-likeness (QED) is 0.717. The van der Waals surface area contributed by atoms with Gasteiger partial charge in [0.2, 0.25) is 0 Å². The molecule has 3 unspecified atom stereocenters. The highest BCUT2D eigenvalue weighted by molar-refractivity contribution is 5.55. The van der Waals surface area contributed by atoms with Gasteiger partial charge in [-0.15, -0.1) is 0 Å². The predicted molar refractivity (Wildman–Crippen MR) is 78.7 cm³/mol. The van der Waals surface area contributed by atoms with Crippen molar-refractivity contribution in [2.45, 2.75) is 39.2 Å². The first-order chi connectivity index (χ1) is 9.13. The molecule has 5 bridgehead atoms. The van der Waals surface area contributed by atoms with Gasteiger partial charge in [-0.2, -0.15) is 0 Å². The Labute approximate surface area is 116 Å². The minimum atomic E-state index is 0.326. The molecule has 3 atom stereocenters. The van der Waals surface area contributed by atoms with Gasteiger partial charge in [-0.3, -0.25) is 0 Å². The normalized spacial score (nSPS) is 42.4. The molecule has 0 aromatic rings. The lowest BCUT2D eigenvalue weighted by Gasteiger charge is -2.47. The van der Waals surface area contributed by atoms with Gasteiger partial charge in [0.1, 0.15) is 0 Å². The molecule has 2 aliphatic heterocycles. The molecule has 0 saturated carbocycles. The van der Waals surface area contributed by atoms with E-state index in [9.17, 15) is 0 Å². The Kier molecular flexibility index (Phi) is 2.33. The Hall–Kier alpha value is -1.02. The smallest absolute Gasteiger partial charge is 0.0359 e. The molecule has 0 saturated heterocycles. The minimum Gasteiger partial charge on any atom is -0.374 e. The topological polar surface area (TPSA) is 15.3 Å². The fourth-order valence-corrected chi connectivity index (χ4v) is 4.90. The molecule has 4 rings (SSSR count). The fourth-order valence-electron chi connectivity index (χ4n) is 4.90. The van der Waals surface area contributed by atoms with Crippen LogP contribution in [0.5, 0.6) is 0 Å². The number of hydrogen-bond acceptors (Lipinski definition) is 2. The van der Waals surface area contributed by atoms with E-state index in [-0.39, 0.29) is 0 Å². The summed E-state index contributed by atoms with van der Waals surface area (Å²) >= 11 is 0. The van der Waals surface area contributed by atoms with Crippen molar-refractivity contribution >= 4 is 0 Å². The van der Waals surface area contributed by atoms with Crippen molar-refractivity contribution in [1.29, 1.82) is 0 Å². The van der Waals surface area contributed by atoms with E-state index >= 15 is 0 Å². The number of nitrogens with one attached hydrogen (secondary N) is 1. The Balaban J connectivity index is 2.00. The molecule has 0 fully saturated rings. The molecule has 0 spiro atoms. The van der Waals surface area contributed by atoms with Crippen LogP contribution < -0.4 is 5.32 Å². The van der Waals surface area contributed by atoms with Gasteiger partial charge in [0.15, 0.2) is 0 Å². The molecule has 2 heterocycles. The number of fused-ring (bicyclic) bond motifs is 1. The van der Waals surface area contributed by atoms with Gasteiger partial charge in [0, 0.05) is 37.3 Å². The lowest BCUT2D eigenvalue weighted by Crippen LogP contribution is -2.48. The summed E-state index contributed by atoms with van der Waals surface area (Å²) in [7, 11) is 2.32. The lowest BCUT2D eigenvalue weighted by atomic mass is 9.65. The van der Waals surface area contributed by atoms with E-state index in [1.54, 1.807) is 22.4 Å². The van der Waals surface area contributed by atoms with Crippen LogP contribution in [0.25, 0.3) is 0 Å². The summed E-state index contributed by atoms with van der Waals surface area (Å²) in [6, 6.07) is 0.705. The summed E-state index contributed by atoms with van der Waals surface area (Å²) in [6.07, 6.45) is 8.51. The summed E-state index contributed by atoms with van der Waals surface area (Å²) < 4.78 is 0. The first-order valence-corrected chi connectivity index (χ1v) is 7.69. The monoisotopic (exact) mass is 256 g/mol. The van der Waals surface area contributed by atoms with E-state index in [0.717, 1.165) is 19.0 Å². The second kappa shape index (κ2) is 3.76. The van der Waals surface area contributed by atoms with Gasteiger partial charge in [-0.25, -0.2) is 0 Å². The van der Waals surface area contributed by atoms with Gasteiger partial charge in [0.05, 0.1) is 0 Å². The maximum absolute atomic E-state index is 3.64. The van der Waals surface area contributed by atoms with Gasteiger partial charge in [0.25, 0.3) is 0 Å². The van der Waals surface area contributed by atoms with Crippen LogP contribution in [0.1, 0.15) is 33.1 Å². The van der Waals surface area contributed by atoms with E-state index in [1.165, 1.54) is 19.3 Å². The summed E-state index contributed by atoms with van der Waals surface area (Å²) in [5, 5.41) is 3.64. The SMILES string of the molecule is CC1C2CC3=C(CCC4=C3/C=C\CNCC41C)N2C. The molecule has 2 nitrogen and oxygen atoms in total. The number of rotatable bonds is 0. The van der Waals surface area contributed by atoms with E-state index in [0.29, 0.717) is 11.5 Å². The van der Waals surface area contributed by atoms with Crippen LogP contribution in [-0.2, 0) is 0 Å². The average molecular weight is 256 g/mol. The largest absolute Gasteiger partial charge is 0.374 e. The molecule has 0 aromatic heterocycles. The highest BCUT2D eigenvalue weighted by Gasteiger charge is 2.50. The highest BCUT2D eigenvalue weighted by Crippen LogP contribution is 2.55. The first kappa shape index (κ1) is 11.8. The molecule has 0 aromatic carbocycles. The Morgan fingerprint density at radius 2 is 2.21 bits per heavy atom. The van der Waals surface area contributed by atoms with Gasteiger partial charge < -0.3 is 10.2 Å². The van der Waals surface area contributed by atoms with Crippen LogP contribution >= 0.6 is 0 Å². The third-order valence-electron chi connectivity index (χ3n) is 6.26. The molecule has 0 radical (unpaired) electrons. The van der Waals surface area contributed by atoms with Gasteiger partial charge in [-0.1, -0.05) is 31.6 Å². The maximum Gasteiger partial charge on any atom is 0.0359 e. The van der Waals surface area contributed by atoms with Gasteiger partial charge >= 0.3 is 0 Å². The second-order valence-corrected chi connectivity index (χ2v) is 6.94. The van der Waals surface area contributed by atoms with E-state index in [4.69, 9.17) is 0 Å². The van der Waals surface area contributed by atoms with Crippen LogP contribution in [-0.4, -0.2) is 31.1 Å². The van der Waals surface area contributed by atoms with Crippen molar-refractivity contribution in [1.82, 2.24) is 10.2 Å². The average Bonchev–Trinajstić information content (AvgIpc) is 2.69. The number of nitrogens with zero attached hydrogens (tertiary/aromatic N) is 1. The number of hydrogen-bond donors (Lipinski definition) is 1. The zero-order valence-electron chi connectivity index (χ0n) is 12.3. The number of allylic oxidation sites excluding steroid dienone is 3. The van der Waals surface area contributed by atoms with Crippen molar-refractivity contribution < 1.29 is 0 Å².